The van der Waals surface area contributed by atoms with Crippen LogP contribution in [-0.2, 0) is 9.53 Å². The predicted molar refractivity (Wildman–Crippen MR) is 105 cm³/mol. The van der Waals surface area contributed by atoms with Crippen molar-refractivity contribution in [3.63, 3.8) is 0 Å². The van der Waals surface area contributed by atoms with Gasteiger partial charge in [0, 0.05) is 38.1 Å². The van der Waals surface area contributed by atoms with E-state index in [4.69, 9.17) is 4.74 Å². The Morgan fingerprint density at radius 3 is 2.54 bits per heavy atom. The first-order chi connectivity index (χ1) is 10.8. The number of carbonyl (C=O) groups is 1. The van der Waals surface area contributed by atoms with Crippen molar-refractivity contribution in [3.8, 4) is 0 Å². The van der Waals surface area contributed by atoms with E-state index in [-0.39, 0.29) is 30.7 Å². The molecule has 2 rings (SSSR count). The van der Waals surface area contributed by atoms with E-state index in [1.807, 2.05) is 12.1 Å². The largest absolute Gasteiger partial charge is 0.383 e. The number of hydrogen-bond donors (Lipinski definition) is 2. The number of nitrogens with zero attached hydrogens (tertiary/aromatic N) is 1. The molecule has 0 aromatic heterocycles. The highest BCUT2D eigenvalue weighted by atomic mass is 35.5. The number of amides is 1. The molecule has 1 aromatic rings. The topological polar surface area (TPSA) is 53.6 Å². The van der Waals surface area contributed by atoms with Crippen LogP contribution in [0.25, 0.3) is 0 Å². The number of nitrogens with one attached hydrogen (secondary N) is 2. The van der Waals surface area contributed by atoms with Gasteiger partial charge in [0.05, 0.1) is 13.2 Å². The second kappa shape index (κ2) is 13.3. The van der Waals surface area contributed by atoms with Crippen molar-refractivity contribution in [2.45, 2.75) is 25.7 Å². The van der Waals surface area contributed by atoms with Gasteiger partial charge in [0.2, 0.25) is 5.91 Å². The molecule has 24 heavy (non-hydrogen) atoms. The van der Waals surface area contributed by atoms with Crippen LogP contribution in [0.1, 0.15) is 25.7 Å². The first-order valence-corrected chi connectivity index (χ1v) is 8.14. The molecule has 1 aliphatic rings. The maximum atomic E-state index is 11.9. The number of halogens is 2. The van der Waals surface area contributed by atoms with Crippen LogP contribution in [0.15, 0.2) is 24.3 Å². The second-order valence-corrected chi connectivity index (χ2v) is 5.67. The smallest absolute Gasteiger partial charge is 0.238 e. The zero-order chi connectivity index (χ0) is 15.6. The van der Waals surface area contributed by atoms with Crippen molar-refractivity contribution in [1.82, 2.24) is 5.32 Å². The van der Waals surface area contributed by atoms with Gasteiger partial charge in [-0.3, -0.25) is 4.79 Å². The number of methoxy groups -OCH3 is 1. The molecule has 7 heteroatoms. The predicted octanol–water partition coefficient (Wildman–Crippen LogP) is 3.09. The van der Waals surface area contributed by atoms with E-state index in [0.717, 1.165) is 18.8 Å². The summed E-state index contributed by atoms with van der Waals surface area (Å²) in [5.74, 6) is -0.0240. The Labute approximate surface area is 157 Å². The molecule has 0 bridgehead atoms. The summed E-state index contributed by atoms with van der Waals surface area (Å²) in [5, 5.41) is 5.99. The number of anilines is 2. The van der Waals surface area contributed by atoms with E-state index < -0.39 is 0 Å². The number of hydrogen-bond acceptors (Lipinski definition) is 4. The Bertz CT molecular complexity index is 467. The minimum Gasteiger partial charge on any atom is -0.383 e. The van der Waals surface area contributed by atoms with E-state index in [1.54, 1.807) is 7.11 Å². The van der Waals surface area contributed by atoms with Gasteiger partial charge in [-0.25, -0.2) is 0 Å². The number of benzene rings is 1. The van der Waals surface area contributed by atoms with Crippen LogP contribution >= 0.6 is 24.8 Å². The van der Waals surface area contributed by atoms with Gasteiger partial charge < -0.3 is 20.3 Å². The van der Waals surface area contributed by atoms with Gasteiger partial charge in [-0.15, -0.1) is 24.8 Å². The SMILES string of the molecule is COCCNCC(=O)Nc1cccc(N2CCCCCC2)c1.Cl.Cl. The lowest BCUT2D eigenvalue weighted by atomic mass is 10.2. The molecule has 138 valence electrons. The quantitative estimate of drug-likeness (QED) is 0.716. The van der Waals surface area contributed by atoms with Crippen molar-refractivity contribution < 1.29 is 9.53 Å². The minimum atomic E-state index is -0.0240. The average molecular weight is 378 g/mol. The summed E-state index contributed by atoms with van der Waals surface area (Å²) < 4.78 is 4.94. The lowest BCUT2D eigenvalue weighted by Crippen LogP contribution is -2.30. The van der Waals surface area contributed by atoms with E-state index in [2.05, 4.69) is 27.7 Å². The van der Waals surface area contributed by atoms with Crippen LogP contribution in [0.2, 0.25) is 0 Å². The molecule has 1 amide bonds. The molecule has 1 aliphatic heterocycles. The Morgan fingerprint density at radius 2 is 1.88 bits per heavy atom. The summed E-state index contributed by atoms with van der Waals surface area (Å²) in [6.45, 7) is 3.80. The molecule has 0 aliphatic carbocycles. The minimum absolute atomic E-state index is 0. The van der Waals surface area contributed by atoms with E-state index in [9.17, 15) is 4.79 Å². The van der Waals surface area contributed by atoms with Crippen molar-refractivity contribution >= 4 is 42.1 Å². The third-order valence-electron chi connectivity index (χ3n) is 3.87. The van der Waals surface area contributed by atoms with Gasteiger partial charge in [0.1, 0.15) is 0 Å². The lowest BCUT2D eigenvalue weighted by molar-refractivity contribution is -0.115. The third-order valence-corrected chi connectivity index (χ3v) is 3.87. The molecule has 2 N–H and O–H groups in total. The second-order valence-electron chi connectivity index (χ2n) is 5.67. The normalized spacial score (nSPS) is 14.1. The van der Waals surface area contributed by atoms with Crippen LogP contribution in [0.3, 0.4) is 0 Å². The third kappa shape index (κ3) is 8.20. The maximum Gasteiger partial charge on any atom is 0.238 e. The van der Waals surface area contributed by atoms with Gasteiger partial charge in [-0.2, -0.15) is 0 Å². The van der Waals surface area contributed by atoms with Crippen LogP contribution in [0.4, 0.5) is 11.4 Å². The highest BCUT2D eigenvalue weighted by molar-refractivity contribution is 5.92. The van der Waals surface area contributed by atoms with Gasteiger partial charge in [0.15, 0.2) is 0 Å². The van der Waals surface area contributed by atoms with Crippen LogP contribution in [-0.4, -0.2) is 45.8 Å². The van der Waals surface area contributed by atoms with E-state index in [0.29, 0.717) is 19.7 Å². The van der Waals surface area contributed by atoms with Crippen molar-refractivity contribution in [1.29, 1.82) is 0 Å². The van der Waals surface area contributed by atoms with Gasteiger partial charge >= 0.3 is 0 Å². The van der Waals surface area contributed by atoms with Gasteiger partial charge in [-0.1, -0.05) is 18.9 Å². The molecule has 1 saturated heterocycles. The zero-order valence-electron chi connectivity index (χ0n) is 14.3. The summed E-state index contributed by atoms with van der Waals surface area (Å²) in [6.07, 6.45) is 5.14. The molecule has 0 atom stereocenters. The fraction of sp³-hybridized carbons (Fsp3) is 0.588. The fourth-order valence-electron chi connectivity index (χ4n) is 2.69. The summed E-state index contributed by atoms with van der Waals surface area (Å²) in [4.78, 5) is 14.3. The van der Waals surface area contributed by atoms with Crippen LogP contribution < -0.4 is 15.5 Å². The first kappa shape index (κ1) is 23.0. The Hall–Kier alpha value is -1.01. The monoisotopic (exact) mass is 377 g/mol. The highest BCUT2D eigenvalue weighted by Gasteiger charge is 2.10. The maximum absolute atomic E-state index is 11.9. The van der Waals surface area contributed by atoms with Crippen molar-refractivity contribution in [2.24, 2.45) is 0 Å². The van der Waals surface area contributed by atoms with Crippen molar-refractivity contribution in [3.05, 3.63) is 24.3 Å². The Kier molecular flexibility index (Phi) is 12.7. The number of carbonyl (C=O) groups excluding carboxylic acids is 1. The molecular formula is C17H29Cl2N3O2. The standard InChI is InChI=1S/C17H27N3O2.2ClH/c1-22-12-9-18-14-17(21)19-15-7-6-8-16(13-15)20-10-4-2-3-5-11-20;;/h6-8,13,18H,2-5,9-12,14H2,1H3,(H,19,21);2*1H. The lowest BCUT2D eigenvalue weighted by Gasteiger charge is -2.23. The van der Waals surface area contributed by atoms with Crippen LogP contribution in [0.5, 0.6) is 0 Å². The van der Waals surface area contributed by atoms with Crippen molar-refractivity contribution in [2.75, 3.05) is 50.1 Å². The average Bonchev–Trinajstić information content (AvgIpc) is 2.81. The molecular weight excluding hydrogens is 349 g/mol. The van der Waals surface area contributed by atoms with Gasteiger partial charge in [0.25, 0.3) is 0 Å². The summed E-state index contributed by atoms with van der Waals surface area (Å²) in [7, 11) is 1.65. The molecule has 0 saturated carbocycles. The van der Waals surface area contributed by atoms with E-state index in [1.165, 1.54) is 31.4 Å². The number of ether oxygens (including phenoxy) is 1. The summed E-state index contributed by atoms with van der Waals surface area (Å²) >= 11 is 0. The Balaban J connectivity index is 0.00000264. The molecule has 0 radical (unpaired) electrons. The molecule has 5 nitrogen and oxygen atoms in total. The van der Waals surface area contributed by atoms with Gasteiger partial charge in [-0.05, 0) is 31.0 Å². The Morgan fingerprint density at radius 1 is 1.17 bits per heavy atom. The summed E-state index contributed by atoms with van der Waals surface area (Å²) in [6, 6.07) is 8.14. The zero-order valence-corrected chi connectivity index (χ0v) is 15.9. The molecule has 0 unspecified atom stereocenters. The van der Waals surface area contributed by atoms with Crippen LogP contribution in [0, 0.1) is 0 Å². The molecule has 1 aromatic carbocycles. The number of rotatable bonds is 7. The molecule has 0 spiro atoms. The molecule has 1 fully saturated rings. The highest BCUT2D eigenvalue weighted by Crippen LogP contribution is 2.22. The molecule has 1 heterocycles. The fourth-order valence-corrected chi connectivity index (χ4v) is 2.69. The van der Waals surface area contributed by atoms with E-state index >= 15 is 0 Å². The first-order valence-electron chi connectivity index (χ1n) is 8.14. The summed E-state index contributed by atoms with van der Waals surface area (Å²) in [5.41, 5.74) is 2.06.